The molecule has 3 aromatic rings. The number of methoxy groups -OCH3 is 2. The van der Waals surface area contributed by atoms with Crippen molar-refractivity contribution in [3.63, 3.8) is 0 Å². The van der Waals surface area contributed by atoms with E-state index >= 15 is 0 Å². The normalized spacial score (nSPS) is 21.2. The highest BCUT2D eigenvalue weighted by molar-refractivity contribution is 7.89. The number of sulfonamides is 1. The summed E-state index contributed by atoms with van der Waals surface area (Å²) in [6, 6.07) is 18.4. The molecule has 2 unspecified atom stereocenters. The fourth-order valence-electron chi connectivity index (χ4n) is 6.13. The van der Waals surface area contributed by atoms with Crippen molar-refractivity contribution >= 4 is 21.9 Å². The highest BCUT2D eigenvalue weighted by Crippen LogP contribution is 2.43. The quantitative estimate of drug-likeness (QED) is 0.371. The van der Waals surface area contributed by atoms with Crippen LogP contribution in [0.4, 0.5) is 0 Å². The summed E-state index contributed by atoms with van der Waals surface area (Å²) in [5, 5.41) is 12.7. The van der Waals surface area contributed by atoms with Crippen LogP contribution < -0.4 is 14.8 Å². The van der Waals surface area contributed by atoms with Crippen molar-refractivity contribution in [1.29, 1.82) is 0 Å². The molecule has 0 aromatic heterocycles. The van der Waals surface area contributed by atoms with E-state index < -0.39 is 34.0 Å². The number of benzene rings is 3. The molecule has 3 aliphatic rings. The first kappa shape index (κ1) is 28.6. The van der Waals surface area contributed by atoms with E-state index in [1.807, 2.05) is 30.3 Å². The fraction of sp³-hybridized carbons (Fsp3) is 0.355. The molecule has 0 radical (unpaired) electrons. The molecule has 3 aromatic carbocycles. The fourth-order valence-corrected chi connectivity index (χ4v) is 8.05. The zero-order valence-corrected chi connectivity index (χ0v) is 23.8. The van der Waals surface area contributed by atoms with Gasteiger partial charge in [0.1, 0.15) is 23.6 Å². The number of carbonyl (C=O) groups is 2. The molecule has 2 heterocycles. The number of carboxylic acid groups (broad SMARTS) is 1. The van der Waals surface area contributed by atoms with Crippen molar-refractivity contribution in [2.45, 2.75) is 55.1 Å². The second kappa shape index (κ2) is 11.9. The molecule has 9 nitrogen and oxygen atoms in total. The van der Waals surface area contributed by atoms with Crippen LogP contribution in [-0.4, -0.2) is 62.1 Å². The van der Waals surface area contributed by atoms with E-state index in [2.05, 4.69) is 5.32 Å². The SMILES string of the molecule is COc1cccc(OC)c1-c1ccc(CC(NC(=O)C2C3CCC(CC3)N2S(=O)(=O)c2ccccc2)C(=O)O)cc1. The van der Waals surface area contributed by atoms with Gasteiger partial charge in [0.25, 0.3) is 0 Å². The molecule has 1 aliphatic carbocycles. The molecule has 2 aliphatic heterocycles. The Balaban J connectivity index is 1.36. The van der Waals surface area contributed by atoms with Crippen LogP contribution in [0.15, 0.2) is 77.7 Å². The Morgan fingerprint density at radius 2 is 1.51 bits per heavy atom. The number of nitrogens with one attached hydrogen (secondary N) is 1. The maximum absolute atomic E-state index is 13.7. The Morgan fingerprint density at radius 3 is 2.07 bits per heavy atom. The van der Waals surface area contributed by atoms with Crippen molar-refractivity contribution in [2.24, 2.45) is 5.92 Å². The summed E-state index contributed by atoms with van der Waals surface area (Å²) >= 11 is 0. The van der Waals surface area contributed by atoms with Crippen LogP contribution in [0.3, 0.4) is 0 Å². The molecule has 216 valence electrons. The van der Waals surface area contributed by atoms with E-state index in [0.717, 1.165) is 24.0 Å². The van der Waals surface area contributed by atoms with Gasteiger partial charge in [-0.1, -0.05) is 48.5 Å². The Hall–Kier alpha value is -3.89. The average Bonchev–Trinajstić information content (AvgIpc) is 3.01. The van der Waals surface area contributed by atoms with Crippen molar-refractivity contribution in [3.05, 3.63) is 78.4 Å². The molecule has 2 saturated heterocycles. The Labute approximate surface area is 240 Å². The van der Waals surface area contributed by atoms with E-state index in [1.54, 1.807) is 44.6 Å². The number of rotatable bonds is 10. The van der Waals surface area contributed by atoms with E-state index in [4.69, 9.17) is 9.47 Å². The second-order valence-corrected chi connectivity index (χ2v) is 12.3. The summed E-state index contributed by atoms with van der Waals surface area (Å²) in [4.78, 5) is 26.0. The highest BCUT2D eigenvalue weighted by Gasteiger charge is 2.51. The lowest BCUT2D eigenvalue weighted by Gasteiger charge is -2.49. The number of aliphatic carboxylic acids is 1. The zero-order valence-electron chi connectivity index (χ0n) is 23.0. The highest BCUT2D eigenvalue weighted by atomic mass is 32.2. The van der Waals surface area contributed by atoms with E-state index in [1.165, 1.54) is 16.4 Å². The summed E-state index contributed by atoms with van der Waals surface area (Å²) < 4.78 is 39.6. The largest absolute Gasteiger partial charge is 0.496 e. The lowest BCUT2D eigenvalue weighted by atomic mass is 9.76. The van der Waals surface area contributed by atoms with Crippen molar-refractivity contribution in [3.8, 4) is 22.6 Å². The first-order valence-corrected chi connectivity index (χ1v) is 15.1. The average molecular weight is 579 g/mol. The minimum atomic E-state index is -3.94. The van der Waals surface area contributed by atoms with Gasteiger partial charge in [-0.3, -0.25) is 4.79 Å². The molecule has 10 heteroatoms. The zero-order chi connectivity index (χ0) is 29.1. The summed E-state index contributed by atoms with van der Waals surface area (Å²) in [6.45, 7) is 0. The third-order valence-corrected chi connectivity index (χ3v) is 10.1. The lowest BCUT2D eigenvalue weighted by molar-refractivity contribution is -0.143. The van der Waals surface area contributed by atoms with Gasteiger partial charge in [0, 0.05) is 12.5 Å². The Kier molecular flexibility index (Phi) is 8.32. The summed E-state index contributed by atoms with van der Waals surface area (Å²) in [6.07, 6.45) is 2.87. The molecular formula is C31H34N2O7S. The molecular weight excluding hydrogens is 544 g/mol. The minimum Gasteiger partial charge on any atom is -0.496 e. The molecule has 2 N–H and O–H groups in total. The van der Waals surface area contributed by atoms with Crippen molar-refractivity contribution < 1.29 is 32.6 Å². The Bertz CT molecular complexity index is 1480. The number of amides is 1. The molecule has 2 bridgehead atoms. The van der Waals surface area contributed by atoms with Gasteiger partial charge in [0.2, 0.25) is 15.9 Å². The van der Waals surface area contributed by atoms with Gasteiger partial charge in [0.05, 0.1) is 24.7 Å². The number of hydrogen-bond donors (Lipinski definition) is 2. The molecule has 0 spiro atoms. The van der Waals surface area contributed by atoms with Gasteiger partial charge in [-0.25, -0.2) is 13.2 Å². The van der Waals surface area contributed by atoms with Crippen LogP contribution in [0.5, 0.6) is 11.5 Å². The molecule has 41 heavy (non-hydrogen) atoms. The minimum absolute atomic E-state index is 0.0384. The monoisotopic (exact) mass is 578 g/mol. The van der Waals surface area contributed by atoms with Crippen LogP contribution in [0.2, 0.25) is 0 Å². The molecule has 6 rings (SSSR count). The molecule has 1 amide bonds. The predicted molar refractivity (Wildman–Crippen MR) is 153 cm³/mol. The van der Waals surface area contributed by atoms with Gasteiger partial charge in [0.15, 0.2) is 0 Å². The van der Waals surface area contributed by atoms with Gasteiger partial charge in [-0.05, 0) is 67.0 Å². The van der Waals surface area contributed by atoms with Crippen molar-refractivity contribution in [1.82, 2.24) is 9.62 Å². The number of carbonyl (C=O) groups excluding carboxylic acids is 1. The number of carboxylic acids is 1. The summed E-state index contributed by atoms with van der Waals surface area (Å²) in [5.41, 5.74) is 2.31. The number of piperidine rings is 2. The van der Waals surface area contributed by atoms with Crippen LogP contribution in [0, 0.1) is 5.92 Å². The smallest absolute Gasteiger partial charge is 0.326 e. The third-order valence-electron chi connectivity index (χ3n) is 8.13. The predicted octanol–water partition coefficient (Wildman–Crippen LogP) is 4.11. The number of fused-ring (bicyclic) bond motifs is 3. The van der Waals surface area contributed by atoms with Gasteiger partial charge in [-0.2, -0.15) is 4.31 Å². The van der Waals surface area contributed by atoms with Gasteiger partial charge in [-0.15, -0.1) is 0 Å². The van der Waals surface area contributed by atoms with Gasteiger partial charge >= 0.3 is 5.97 Å². The summed E-state index contributed by atoms with van der Waals surface area (Å²) in [5.74, 6) is -0.633. The Morgan fingerprint density at radius 1 is 0.902 bits per heavy atom. The topological polar surface area (TPSA) is 122 Å². The molecule has 3 fully saturated rings. The van der Waals surface area contributed by atoms with Crippen LogP contribution in [0.1, 0.15) is 31.2 Å². The van der Waals surface area contributed by atoms with E-state index in [0.29, 0.717) is 29.9 Å². The maximum atomic E-state index is 13.7. The standard InChI is InChI=1S/C31H34N2O7S/c1-39-26-9-6-10-27(40-2)28(26)21-13-11-20(12-14-21)19-25(31(35)36)32-30(34)29-22-15-17-23(18-16-22)33(29)41(37,38)24-7-4-3-5-8-24/h3-14,22-23,25,29H,15-19H2,1-2H3,(H,32,34)(H,35,36). The van der Waals surface area contributed by atoms with Crippen LogP contribution >= 0.6 is 0 Å². The van der Waals surface area contributed by atoms with E-state index in [9.17, 15) is 23.1 Å². The first-order chi connectivity index (χ1) is 19.7. The lowest BCUT2D eigenvalue weighted by Crippen LogP contribution is -2.63. The number of ether oxygens (including phenoxy) is 2. The number of nitrogens with zero attached hydrogens (tertiary/aromatic N) is 1. The molecule has 1 saturated carbocycles. The van der Waals surface area contributed by atoms with Gasteiger partial charge < -0.3 is 19.9 Å². The number of hydrogen-bond acceptors (Lipinski definition) is 6. The second-order valence-electron chi connectivity index (χ2n) is 10.5. The molecule has 2 atom stereocenters. The first-order valence-electron chi connectivity index (χ1n) is 13.7. The van der Waals surface area contributed by atoms with Crippen molar-refractivity contribution in [2.75, 3.05) is 14.2 Å². The van der Waals surface area contributed by atoms with Crippen LogP contribution in [0.25, 0.3) is 11.1 Å². The maximum Gasteiger partial charge on any atom is 0.326 e. The van der Waals surface area contributed by atoms with E-state index in [-0.39, 0.29) is 23.3 Å². The van der Waals surface area contributed by atoms with Crippen LogP contribution in [-0.2, 0) is 26.0 Å². The third kappa shape index (κ3) is 5.67. The summed E-state index contributed by atoms with van der Waals surface area (Å²) in [7, 11) is -0.779.